The van der Waals surface area contributed by atoms with Gasteiger partial charge in [0.05, 0.1) is 0 Å². The normalized spacial score (nSPS) is 27.2. The first-order chi connectivity index (χ1) is 14.5. The van der Waals surface area contributed by atoms with Crippen molar-refractivity contribution in [1.29, 1.82) is 0 Å². The molecule has 0 amide bonds. The van der Waals surface area contributed by atoms with E-state index < -0.39 is 17.5 Å². The molecule has 2 saturated carbocycles. The summed E-state index contributed by atoms with van der Waals surface area (Å²) in [5.74, 6) is -0.311. The molecule has 0 aliphatic heterocycles. The van der Waals surface area contributed by atoms with Gasteiger partial charge >= 0.3 is 0 Å². The molecule has 2 aliphatic rings. The molecule has 2 fully saturated rings. The Kier molecular flexibility index (Phi) is 6.85. The van der Waals surface area contributed by atoms with Gasteiger partial charge in [-0.2, -0.15) is 0 Å². The van der Waals surface area contributed by atoms with Gasteiger partial charge in [-0.15, -0.1) is 0 Å². The van der Waals surface area contributed by atoms with E-state index in [-0.39, 0.29) is 0 Å². The summed E-state index contributed by atoms with van der Waals surface area (Å²) < 4.78 is 40.3. The second-order valence-corrected chi connectivity index (χ2v) is 9.56. The first-order valence-corrected chi connectivity index (χ1v) is 11.8. The lowest BCUT2D eigenvalue weighted by molar-refractivity contribution is 0.156. The fraction of sp³-hybridized carbons (Fsp3) is 0.556. The molecular weight excluding hydrogens is 381 g/mol. The summed E-state index contributed by atoms with van der Waals surface area (Å²) in [6.07, 6.45) is 13.6. The second kappa shape index (κ2) is 9.58. The van der Waals surface area contributed by atoms with E-state index in [1.807, 2.05) is 12.1 Å². The number of rotatable bonds is 5. The van der Waals surface area contributed by atoms with Crippen LogP contribution < -0.4 is 0 Å². The molecule has 0 saturated heterocycles. The molecule has 0 bridgehead atoms. The molecule has 2 aromatic carbocycles. The first-order valence-electron chi connectivity index (χ1n) is 11.8. The van der Waals surface area contributed by atoms with Crippen LogP contribution in [0.25, 0.3) is 11.1 Å². The second-order valence-electron chi connectivity index (χ2n) is 9.56. The maximum atomic E-state index is 13.5. The van der Waals surface area contributed by atoms with Crippen LogP contribution in [0, 0.1) is 35.2 Å². The molecule has 2 aromatic rings. The topological polar surface area (TPSA) is 0 Å². The van der Waals surface area contributed by atoms with Crippen LogP contribution in [0.3, 0.4) is 0 Å². The maximum absolute atomic E-state index is 13.5. The molecule has 0 aromatic heterocycles. The van der Waals surface area contributed by atoms with Gasteiger partial charge in [-0.1, -0.05) is 56.9 Å². The van der Waals surface area contributed by atoms with Gasteiger partial charge < -0.3 is 0 Å². The Morgan fingerprint density at radius 1 is 0.700 bits per heavy atom. The third kappa shape index (κ3) is 4.76. The quantitative estimate of drug-likeness (QED) is 0.429. The summed E-state index contributed by atoms with van der Waals surface area (Å²) >= 11 is 0. The van der Waals surface area contributed by atoms with Crippen LogP contribution in [-0.4, -0.2) is 0 Å². The molecular formula is C27H33F3. The lowest BCUT2D eigenvalue weighted by Crippen LogP contribution is -2.25. The number of halogens is 3. The van der Waals surface area contributed by atoms with E-state index in [2.05, 4.69) is 19.1 Å². The highest BCUT2D eigenvalue weighted by Crippen LogP contribution is 2.44. The molecule has 0 atom stereocenters. The summed E-state index contributed by atoms with van der Waals surface area (Å²) in [5.41, 5.74) is 2.40. The van der Waals surface area contributed by atoms with Crippen LogP contribution in [0.5, 0.6) is 0 Å². The molecule has 30 heavy (non-hydrogen) atoms. The van der Waals surface area contributed by atoms with Gasteiger partial charge in [-0.3, -0.25) is 0 Å². The molecule has 0 N–H and O–H groups in total. The number of hydrogen-bond acceptors (Lipinski definition) is 0. The standard InChI is InChI=1S/C27H33F3/c1-2-3-18-4-6-19(7-5-18)20-8-10-21(11-9-20)22-12-14-23(15-13-22)24-16-25(28)27(30)26(29)17-24/h12-21H,2-11H2,1H3/t18-,19-,20?,21?. The van der Waals surface area contributed by atoms with Crippen molar-refractivity contribution in [3.05, 3.63) is 59.4 Å². The highest BCUT2D eigenvalue weighted by molar-refractivity contribution is 5.64. The van der Waals surface area contributed by atoms with Crippen LogP contribution in [0.15, 0.2) is 36.4 Å². The molecule has 4 rings (SSSR count). The van der Waals surface area contributed by atoms with Crippen LogP contribution in [0.1, 0.15) is 82.6 Å². The van der Waals surface area contributed by atoms with Crippen molar-refractivity contribution in [3.8, 4) is 11.1 Å². The van der Waals surface area contributed by atoms with Gasteiger partial charge in [-0.05, 0) is 91.0 Å². The van der Waals surface area contributed by atoms with Crippen LogP contribution in [0.4, 0.5) is 13.2 Å². The Hall–Kier alpha value is -1.77. The van der Waals surface area contributed by atoms with E-state index in [1.54, 1.807) is 0 Å². The highest BCUT2D eigenvalue weighted by Gasteiger charge is 2.31. The largest absolute Gasteiger partial charge is 0.204 e. The molecule has 0 radical (unpaired) electrons. The van der Waals surface area contributed by atoms with E-state index in [0.29, 0.717) is 17.0 Å². The molecule has 162 valence electrons. The van der Waals surface area contributed by atoms with Crippen molar-refractivity contribution in [3.63, 3.8) is 0 Å². The Bertz CT molecular complexity index is 803. The van der Waals surface area contributed by atoms with Gasteiger partial charge in [-0.25, -0.2) is 13.2 Å². The third-order valence-corrected chi connectivity index (χ3v) is 7.73. The van der Waals surface area contributed by atoms with Gasteiger partial charge in [0.25, 0.3) is 0 Å². The SMILES string of the molecule is CCC[C@H]1CC[C@H](C2CCC(c3ccc(-c4cc(F)c(F)c(F)c4)cc3)CC2)CC1. The molecule has 3 heteroatoms. The zero-order valence-electron chi connectivity index (χ0n) is 18.0. The highest BCUT2D eigenvalue weighted by atomic mass is 19.2. The Morgan fingerprint density at radius 3 is 1.77 bits per heavy atom. The number of hydrogen-bond donors (Lipinski definition) is 0. The zero-order valence-corrected chi connectivity index (χ0v) is 18.0. The average molecular weight is 415 g/mol. The zero-order chi connectivity index (χ0) is 21.1. The van der Waals surface area contributed by atoms with Gasteiger partial charge in [0.15, 0.2) is 17.5 Å². The monoisotopic (exact) mass is 414 g/mol. The minimum absolute atomic E-state index is 0.375. The predicted octanol–water partition coefficient (Wildman–Crippen LogP) is 8.65. The van der Waals surface area contributed by atoms with E-state index in [4.69, 9.17) is 0 Å². The summed E-state index contributed by atoms with van der Waals surface area (Å²) in [6, 6.07) is 10.1. The Balaban J connectivity index is 1.33. The van der Waals surface area contributed by atoms with E-state index in [1.165, 1.54) is 69.8 Å². The van der Waals surface area contributed by atoms with Gasteiger partial charge in [0, 0.05) is 0 Å². The van der Waals surface area contributed by atoms with Crippen LogP contribution in [0.2, 0.25) is 0 Å². The van der Waals surface area contributed by atoms with Crippen molar-refractivity contribution in [1.82, 2.24) is 0 Å². The lowest BCUT2D eigenvalue weighted by Gasteiger charge is -2.38. The Labute approximate surface area is 178 Å². The van der Waals surface area contributed by atoms with Crippen molar-refractivity contribution >= 4 is 0 Å². The van der Waals surface area contributed by atoms with Crippen molar-refractivity contribution in [2.45, 2.75) is 77.0 Å². The maximum Gasteiger partial charge on any atom is 0.194 e. The smallest absolute Gasteiger partial charge is 0.194 e. The summed E-state index contributed by atoms with van der Waals surface area (Å²) in [5, 5.41) is 0. The van der Waals surface area contributed by atoms with Crippen molar-refractivity contribution in [2.75, 3.05) is 0 Å². The summed E-state index contributed by atoms with van der Waals surface area (Å²) in [7, 11) is 0. The van der Waals surface area contributed by atoms with Crippen molar-refractivity contribution < 1.29 is 13.2 Å². The minimum Gasteiger partial charge on any atom is -0.204 e. The fourth-order valence-corrected chi connectivity index (χ4v) is 5.95. The van der Waals surface area contributed by atoms with E-state index >= 15 is 0 Å². The van der Waals surface area contributed by atoms with Gasteiger partial charge in [0.2, 0.25) is 0 Å². The van der Waals surface area contributed by atoms with Crippen LogP contribution in [-0.2, 0) is 0 Å². The molecule has 0 heterocycles. The average Bonchev–Trinajstić information content (AvgIpc) is 2.78. The molecule has 2 aliphatic carbocycles. The predicted molar refractivity (Wildman–Crippen MR) is 117 cm³/mol. The third-order valence-electron chi connectivity index (χ3n) is 7.73. The van der Waals surface area contributed by atoms with E-state index in [0.717, 1.165) is 29.9 Å². The lowest BCUT2D eigenvalue weighted by atomic mass is 9.68. The molecule has 0 spiro atoms. The Morgan fingerprint density at radius 2 is 1.23 bits per heavy atom. The van der Waals surface area contributed by atoms with Gasteiger partial charge in [0.1, 0.15) is 0 Å². The summed E-state index contributed by atoms with van der Waals surface area (Å²) in [4.78, 5) is 0. The number of benzene rings is 2. The molecule has 0 nitrogen and oxygen atoms in total. The van der Waals surface area contributed by atoms with E-state index in [9.17, 15) is 13.2 Å². The first kappa shape index (κ1) is 21.5. The summed E-state index contributed by atoms with van der Waals surface area (Å²) in [6.45, 7) is 2.30. The fourth-order valence-electron chi connectivity index (χ4n) is 5.95. The van der Waals surface area contributed by atoms with Crippen LogP contribution >= 0.6 is 0 Å². The minimum atomic E-state index is -1.41. The van der Waals surface area contributed by atoms with Crippen molar-refractivity contribution in [2.24, 2.45) is 17.8 Å². The molecule has 0 unspecified atom stereocenters.